The van der Waals surface area contributed by atoms with Crippen LogP contribution in [0, 0.1) is 0 Å². The summed E-state index contributed by atoms with van der Waals surface area (Å²) >= 11 is 0. The molecule has 0 amide bonds. The molecule has 1 aromatic heterocycles. The van der Waals surface area contributed by atoms with Crippen LogP contribution in [0.2, 0.25) is 0 Å². The Morgan fingerprint density at radius 2 is 1.95 bits per heavy atom. The number of carbonyl (C=O) groups is 2. The van der Waals surface area contributed by atoms with Crippen molar-refractivity contribution in [3.05, 3.63) is 42.1 Å². The molecule has 4 heteroatoms. The van der Waals surface area contributed by atoms with Gasteiger partial charge < -0.3 is 4.74 Å². The summed E-state index contributed by atoms with van der Waals surface area (Å²) in [5.41, 5.74) is 1.19. The number of benzene rings is 1. The number of fused-ring (bicyclic) bond motifs is 1. The number of ether oxygens (including phenoxy) is 1. The molecule has 0 radical (unpaired) electrons. The van der Waals surface area contributed by atoms with E-state index in [4.69, 9.17) is 4.74 Å². The molecular weight excluding hydrogens is 242 g/mol. The Kier molecular flexibility index (Phi) is 3.90. The van der Waals surface area contributed by atoms with Crippen molar-refractivity contribution in [3.63, 3.8) is 0 Å². The number of esters is 1. The second-order valence-electron chi connectivity index (χ2n) is 4.22. The van der Waals surface area contributed by atoms with Crippen LogP contribution in [0.4, 0.5) is 0 Å². The molecule has 1 heterocycles. The lowest BCUT2D eigenvalue weighted by Gasteiger charge is -2.12. The van der Waals surface area contributed by atoms with Crippen molar-refractivity contribution in [1.82, 2.24) is 4.98 Å². The molecule has 0 aliphatic carbocycles. The Morgan fingerprint density at radius 1 is 1.21 bits per heavy atom. The Bertz CT molecular complexity index is 622. The maximum atomic E-state index is 11.8. The number of hydrogen-bond acceptors (Lipinski definition) is 4. The van der Waals surface area contributed by atoms with Crippen LogP contribution in [-0.4, -0.2) is 23.3 Å². The number of pyridine rings is 1. The fourth-order valence-corrected chi connectivity index (χ4v) is 1.96. The van der Waals surface area contributed by atoms with E-state index in [1.807, 2.05) is 30.3 Å². The van der Waals surface area contributed by atoms with Crippen LogP contribution in [0.5, 0.6) is 0 Å². The average Bonchev–Trinajstić information content (AvgIpc) is 2.38. The Balaban J connectivity index is 2.44. The number of carbonyl (C=O) groups excluding carboxylic acids is 2. The van der Waals surface area contributed by atoms with Crippen molar-refractivity contribution < 1.29 is 14.3 Å². The van der Waals surface area contributed by atoms with Gasteiger partial charge >= 0.3 is 5.97 Å². The van der Waals surface area contributed by atoms with Crippen LogP contribution in [0.3, 0.4) is 0 Å². The van der Waals surface area contributed by atoms with E-state index in [1.54, 1.807) is 13.0 Å². The summed E-state index contributed by atoms with van der Waals surface area (Å²) in [4.78, 5) is 27.9. The predicted octanol–water partition coefficient (Wildman–Crippen LogP) is 2.47. The van der Waals surface area contributed by atoms with Gasteiger partial charge in [-0.3, -0.25) is 14.6 Å². The minimum absolute atomic E-state index is 0.246. The van der Waals surface area contributed by atoms with Gasteiger partial charge in [0.25, 0.3) is 0 Å². The number of hydrogen-bond donors (Lipinski definition) is 0. The summed E-state index contributed by atoms with van der Waals surface area (Å²) < 4.78 is 4.93. The number of nitrogens with zero attached hydrogens (tertiary/aromatic N) is 1. The largest absolute Gasteiger partial charge is 0.465 e. The molecular formula is C15H15NO3. The maximum absolute atomic E-state index is 11.8. The molecule has 0 aliphatic heterocycles. The topological polar surface area (TPSA) is 56.3 Å². The van der Waals surface area contributed by atoms with Crippen LogP contribution < -0.4 is 0 Å². The van der Waals surface area contributed by atoms with E-state index in [9.17, 15) is 9.59 Å². The number of aromatic nitrogens is 1. The molecule has 1 unspecified atom stereocenters. The van der Waals surface area contributed by atoms with Crippen LogP contribution in [0.25, 0.3) is 10.9 Å². The third kappa shape index (κ3) is 2.78. The highest BCUT2D eigenvalue weighted by atomic mass is 16.5. The Labute approximate surface area is 111 Å². The summed E-state index contributed by atoms with van der Waals surface area (Å²) in [7, 11) is 0. The SMILES string of the molecule is CCOC(=O)C(C(C)=O)c1ccc2ccccc2n1. The summed E-state index contributed by atoms with van der Waals surface area (Å²) in [5, 5.41) is 0.970. The van der Waals surface area contributed by atoms with Crippen molar-refractivity contribution in [2.75, 3.05) is 6.61 Å². The van der Waals surface area contributed by atoms with Crippen molar-refractivity contribution in [2.45, 2.75) is 19.8 Å². The standard InChI is InChI=1S/C15H15NO3/c1-3-19-15(18)14(10(2)17)13-9-8-11-6-4-5-7-12(11)16-13/h4-9,14H,3H2,1-2H3. The van der Waals surface area contributed by atoms with E-state index in [1.165, 1.54) is 6.92 Å². The number of para-hydroxylation sites is 1. The zero-order valence-corrected chi connectivity index (χ0v) is 10.9. The van der Waals surface area contributed by atoms with Crippen molar-refractivity contribution >= 4 is 22.7 Å². The van der Waals surface area contributed by atoms with Gasteiger partial charge in [-0.25, -0.2) is 0 Å². The lowest BCUT2D eigenvalue weighted by atomic mass is 10.00. The van der Waals surface area contributed by atoms with Crippen molar-refractivity contribution in [3.8, 4) is 0 Å². The van der Waals surface area contributed by atoms with Gasteiger partial charge in [-0.05, 0) is 26.0 Å². The number of ketones is 1. The van der Waals surface area contributed by atoms with Gasteiger partial charge in [0, 0.05) is 5.39 Å². The minimum atomic E-state index is -0.940. The van der Waals surface area contributed by atoms with Gasteiger partial charge in [0.05, 0.1) is 17.8 Å². The van der Waals surface area contributed by atoms with E-state index in [-0.39, 0.29) is 12.4 Å². The molecule has 0 aliphatic rings. The van der Waals surface area contributed by atoms with Crippen LogP contribution >= 0.6 is 0 Å². The minimum Gasteiger partial charge on any atom is -0.465 e. The van der Waals surface area contributed by atoms with Crippen molar-refractivity contribution in [2.24, 2.45) is 0 Å². The lowest BCUT2D eigenvalue weighted by Crippen LogP contribution is -2.23. The molecule has 0 spiro atoms. The quantitative estimate of drug-likeness (QED) is 0.623. The maximum Gasteiger partial charge on any atom is 0.322 e. The second kappa shape index (κ2) is 5.61. The van der Waals surface area contributed by atoms with Crippen molar-refractivity contribution in [1.29, 1.82) is 0 Å². The molecule has 0 fully saturated rings. The average molecular weight is 257 g/mol. The zero-order valence-electron chi connectivity index (χ0n) is 10.9. The molecule has 4 nitrogen and oxygen atoms in total. The zero-order chi connectivity index (χ0) is 13.8. The number of Topliss-reactive ketones (excluding diaryl/α,β-unsaturated/α-hetero) is 1. The van der Waals surface area contributed by atoms with E-state index >= 15 is 0 Å². The van der Waals surface area contributed by atoms with Gasteiger partial charge in [0.15, 0.2) is 5.92 Å². The van der Waals surface area contributed by atoms with E-state index < -0.39 is 11.9 Å². The molecule has 98 valence electrons. The normalized spacial score (nSPS) is 12.1. The van der Waals surface area contributed by atoms with E-state index in [2.05, 4.69) is 4.98 Å². The molecule has 2 rings (SSSR count). The van der Waals surface area contributed by atoms with Crippen LogP contribution in [0.15, 0.2) is 36.4 Å². The molecule has 0 bridgehead atoms. The molecule has 0 saturated heterocycles. The molecule has 1 atom stereocenters. The summed E-state index contributed by atoms with van der Waals surface area (Å²) in [5.74, 6) is -1.75. The van der Waals surface area contributed by atoms with Crippen LogP contribution in [0.1, 0.15) is 25.5 Å². The molecule has 0 N–H and O–H groups in total. The molecule has 0 saturated carbocycles. The number of rotatable bonds is 4. The first-order chi connectivity index (χ1) is 9.13. The van der Waals surface area contributed by atoms with Gasteiger partial charge in [0.2, 0.25) is 0 Å². The summed E-state index contributed by atoms with van der Waals surface area (Å²) in [6, 6.07) is 11.1. The lowest BCUT2D eigenvalue weighted by molar-refractivity contribution is -0.147. The smallest absolute Gasteiger partial charge is 0.322 e. The Hall–Kier alpha value is -2.23. The van der Waals surface area contributed by atoms with Gasteiger partial charge in [-0.15, -0.1) is 0 Å². The summed E-state index contributed by atoms with van der Waals surface area (Å²) in [6.07, 6.45) is 0. The first-order valence-corrected chi connectivity index (χ1v) is 6.16. The van der Waals surface area contributed by atoms with Gasteiger partial charge in [-0.1, -0.05) is 24.3 Å². The third-order valence-electron chi connectivity index (χ3n) is 2.84. The predicted molar refractivity (Wildman–Crippen MR) is 71.8 cm³/mol. The molecule has 2 aromatic rings. The summed E-state index contributed by atoms with van der Waals surface area (Å²) in [6.45, 7) is 3.33. The second-order valence-corrected chi connectivity index (χ2v) is 4.22. The highest BCUT2D eigenvalue weighted by Gasteiger charge is 2.28. The van der Waals surface area contributed by atoms with E-state index in [0.717, 1.165) is 10.9 Å². The van der Waals surface area contributed by atoms with E-state index in [0.29, 0.717) is 5.69 Å². The van der Waals surface area contributed by atoms with Crippen LogP contribution in [-0.2, 0) is 14.3 Å². The van der Waals surface area contributed by atoms with Gasteiger partial charge in [0.1, 0.15) is 5.78 Å². The highest BCUT2D eigenvalue weighted by Crippen LogP contribution is 2.20. The monoisotopic (exact) mass is 257 g/mol. The van der Waals surface area contributed by atoms with Gasteiger partial charge in [-0.2, -0.15) is 0 Å². The first-order valence-electron chi connectivity index (χ1n) is 6.16. The molecule has 1 aromatic carbocycles. The fraction of sp³-hybridized carbons (Fsp3) is 0.267. The third-order valence-corrected chi connectivity index (χ3v) is 2.84. The fourth-order valence-electron chi connectivity index (χ4n) is 1.96. The first kappa shape index (κ1) is 13.2. The highest BCUT2D eigenvalue weighted by molar-refractivity contribution is 6.03. The Morgan fingerprint density at radius 3 is 2.63 bits per heavy atom. The molecule has 19 heavy (non-hydrogen) atoms.